The van der Waals surface area contributed by atoms with Gasteiger partial charge in [0, 0.05) is 31.1 Å². The van der Waals surface area contributed by atoms with Crippen LogP contribution in [0.1, 0.15) is 70.3 Å². The molecule has 0 unspecified atom stereocenters. The van der Waals surface area contributed by atoms with Crippen molar-refractivity contribution in [2.24, 2.45) is 0 Å². The monoisotopic (exact) mass is 631 g/mol. The Morgan fingerprint density at radius 2 is 1.49 bits per heavy atom. The summed E-state index contributed by atoms with van der Waals surface area (Å²) in [4.78, 5) is 41.5. The largest absolute Gasteiger partial charge is 0.496 e. The highest BCUT2D eigenvalue weighted by atomic mass is 16.5. The molecule has 1 fully saturated rings. The van der Waals surface area contributed by atoms with E-state index >= 15 is 0 Å². The summed E-state index contributed by atoms with van der Waals surface area (Å²) in [5.74, 6) is -0.758. The Kier molecular flexibility index (Phi) is 9.68. The van der Waals surface area contributed by atoms with Crippen molar-refractivity contribution in [3.8, 4) is 5.75 Å². The molecule has 8 nitrogen and oxygen atoms in total. The summed E-state index contributed by atoms with van der Waals surface area (Å²) in [5.41, 5.74) is 3.82. The number of hydrogen-bond donors (Lipinski definition) is 3. The molecule has 3 atom stereocenters. The SMILES string of the molecule is COc1ccccc1C(=O)NC1CCN(C(=O)[C@H]2CC[C@@](CN[C@@H](C(=O)O)c3ccccc3)(c3ccccc3)c3ccccc32)CC1. The van der Waals surface area contributed by atoms with Gasteiger partial charge in [-0.05, 0) is 60.1 Å². The summed E-state index contributed by atoms with van der Waals surface area (Å²) in [6.45, 7) is 1.53. The van der Waals surface area contributed by atoms with Gasteiger partial charge in [0.05, 0.1) is 18.6 Å². The van der Waals surface area contributed by atoms with Gasteiger partial charge in [-0.1, -0.05) is 97.1 Å². The van der Waals surface area contributed by atoms with Gasteiger partial charge in [-0.15, -0.1) is 0 Å². The van der Waals surface area contributed by atoms with Crippen molar-refractivity contribution in [1.82, 2.24) is 15.5 Å². The number of aliphatic carboxylic acids is 1. The number of piperidine rings is 1. The number of nitrogens with zero attached hydrogens (tertiary/aromatic N) is 1. The molecule has 4 aromatic rings. The maximum absolute atomic E-state index is 14.2. The average molecular weight is 632 g/mol. The predicted molar refractivity (Wildman–Crippen MR) is 181 cm³/mol. The minimum atomic E-state index is -0.931. The fraction of sp³-hybridized carbons (Fsp3) is 0.308. The molecule has 0 aromatic heterocycles. The summed E-state index contributed by atoms with van der Waals surface area (Å²) in [7, 11) is 1.55. The first-order valence-electron chi connectivity index (χ1n) is 16.3. The second-order valence-corrected chi connectivity index (χ2v) is 12.5. The van der Waals surface area contributed by atoms with E-state index in [0.717, 1.165) is 16.7 Å². The Morgan fingerprint density at radius 1 is 0.851 bits per heavy atom. The van der Waals surface area contributed by atoms with Crippen LogP contribution in [0.4, 0.5) is 0 Å². The highest BCUT2D eigenvalue weighted by Crippen LogP contribution is 2.47. The number of methoxy groups -OCH3 is 1. The lowest BCUT2D eigenvalue weighted by atomic mass is 9.63. The van der Waals surface area contributed by atoms with Crippen LogP contribution in [-0.4, -0.2) is 60.6 Å². The smallest absolute Gasteiger partial charge is 0.325 e. The molecule has 1 saturated heterocycles. The van der Waals surface area contributed by atoms with E-state index in [9.17, 15) is 19.5 Å². The molecule has 0 saturated carbocycles. The van der Waals surface area contributed by atoms with Gasteiger partial charge in [0.15, 0.2) is 0 Å². The van der Waals surface area contributed by atoms with Crippen LogP contribution in [0, 0.1) is 0 Å². The summed E-state index contributed by atoms with van der Waals surface area (Å²) < 4.78 is 5.36. The maximum atomic E-state index is 14.2. The van der Waals surface area contributed by atoms with Crippen LogP contribution in [-0.2, 0) is 15.0 Å². The summed E-state index contributed by atoms with van der Waals surface area (Å²) in [5, 5.41) is 16.7. The zero-order valence-corrected chi connectivity index (χ0v) is 26.6. The van der Waals surface area contributed by atoms with Gasteiger partial charge in [0.2, 0.25) is 5.91 Å². The van der Waals surface area contributed by atoms with E-state index in [1.54, 1.807) is 19.2 Å². The Balaban J connectivity index is 1.20. The standard InChI is InChI=1S/C39H41N3O5/c1-47-34-19-11-9-17-32(34)36(43)41-29-21-24-42(25-22-29)37(44)31-20-23-39(28-14-6-3-7-15-28,33-18-10-8-16-30(31)33)26-40-35(38(45)46)27-12-4-2-5-13-27/h2-19,29,31,35,40H,20-26H2,1H3,(H,41,43)(H,45,46)/t31-,35+,39+/m0/s1. The predicted octanol–water partition coefficient (Wildman–Crippen LogP) is 5.70. The fourth-order valence-electron chi connectivity index (χ4n) is 7.35. The second-order valence-electron chi connectivity index (χ2n) is 12.5. The van der Waals surface area contributed by atoms with Crippen LogP contribution in [0.25, 0.3) is 0 Å². The zero-order valence-electron chi connectivity index (χ0n) is 26.6. The number of fused-ring (bicyclic) bond motifs is 1. The van der Waals surface area contributed by atoms with Crippen molar-refractivity contribution in [2.45, 2.75) is 49.1 Å². The van der Waals surface area contributed by atoms with Gasteiger partial charge < -0.3 is 20.1 Å². The van der Waals surface area contributed by atoms with E-state index in [4.69, 9.17) is 4.74 Å². The van der Waals surface area contributed by atoms with Crippen molar-refractivity contribution in [3.63, 3.8) is 0 Å². The molecule has 4 aromatic carbocycles. The first kappa shape index (κ1) is 32.0. The number of carboxylic acids is 1. The molecule has 6 rings (SSSR count). The van der Waals surface area contributed by atoms with Crippen LogP contribution in [0.3, 0.4) is 0 Å². The molecule has 242 valence electrons. The summed E-state index contributed by atoms with van der Waals surface area (Å²) in [6, 6.07) is 33.9. The first-order chi connectivity index (χ1) is 22.9. The van der Waals surface area contributed by atoms with Crippen LogP contribution in [0.2, 0.25) is 0 Å². The maximum Gasteiger partial charge on any atom is 0.325 e. The number of ether oxygens (including phenoxy) is 1. The number of carbonyl (C=O) groups is 3. The third-order valence-electron chi connectivity index (χ3n) is 9.82. The number of carbonyl (C=O) groups excluding carboxylic acids is 2. The number of nitrogens with one attached hydrogen (secondary N) is 2. The van der Waals surface area contributed by atoms with Crippen molar-refractivity contribution in [1.29, 1.82) is 0 Å². The Bertz CT molecular complexity index is 1700. The van der Waals surface area contributed by atoms with Gasteiger partial charge in [-0.2, -0.15) is 0 Å². The number of carboxylic acid groups (broad SMARTS) is 1. The number of benzene rings is 4. The van der Waals surface area contributed by atoms with E-state index in [1.165, 1.54) is 0 Å². The molecule has 3 N–H and O–H groups in total. The highest BCUT2D eigenvalue weighted by molar-refractivity contribution is 5.97. The Labute approximate surface area is 275 Å². The molecule has 0 radical (unpaired) electrons. The molecule has 8 heteroatoms. The quantitative estimate of drug-likeness (QED) is 0.208. The minimum absolute atomic E-state index is 0.0290. The van der Waals surface area contributed by atoms with Crippen LogP contribution < -0.4 is 15.4 Å². The third-order valence-corrected chi connectivity index (χ3v) is 9.82. The average Bonchev–Trinajstić information content (AvgIpc) is 3.12. The molecule has 47 heavy (non-hydrogen) atoms. The molecule has 1 aliphatic carbocycles. The van der Waals surface area contributed by atoms with Crippen molar-refractivity contribution in [2.75, 3.05) is 26.7 Å². The Hall–Kier alpha value is -4.95. The van der Waals surface area contributed by atoms with Gasteiger partial charge in [0.1, 0.15) is 11.8 Å². The third kappa shape index (κ3) is 6.65. The summed E-state index contributed by atoms with van der Waals surface area (Å²) >= 11 is 0. The lowest BCUT2D eigenvalue weighted by Gasteiger charge is -2.44. The van der Waals surface area contributed by atoms with E-state index in [2.05, 4.69) is 34.9 Å². The first-order valence-corrected chi connectivity index (χ1v) is 16.3. The lowest BCUT2D eigenvalue weighted by molar-refractivity contribution is -0.139. The van der Waals surface area contributed by atoms with E-state index in [0.29, 0.717) is 62.2 Å². The van der Waals surface area contributed by atoms with Gasteiger partial charge in [-0.3, -0.25) is 19.7 Å². The highest BCUT2D eigenvalue weighted by Gasteiger charge is 2.44. The van der Waals surface area contributed by atoms with E-state index in [-0.39, 0.29) is 23.8 Å². The van der Waals surface area contributed by atoms with Crippen molar-refractivity contribution in [3.05, 3.63) is 137 Å². The number of para-hydroxylation sites is 1. The molecule has 0 spiro atoms. The van der Waals surface area contributed by atoms with E-state index in [1.807, 2.05) is 77.7 Å². The molecular weight excluding hydrogens is 590 g/mol. The molecule has 1 heterocycles. The summed E-state index contributed by atoms with van der Waals surface area (Å²) in [6.07, 6.45) is 2.67. The Morgan fingerprint density at radius 3 is 2.19 bits per heavy atom. The minimum Gasteiger partial charge on any atom is -0.496 e. The van der Waals surface area contributed by atoms with Crippen LogP contribution >= 0.6 is 0 Å². The van der Waals surface area contributed by atoms with Gasteiger partial charge in [-0.25, -0.2) is 0 Å². The molecule has 2 aliphatic rings. The molecular formula is C39H41N3O5. The van der Waals surface area contributed by atoms with Crippen molar-refractivity contribution < 1.29 is 24.2 Å². The number of likely N-dealkylation sites (tertiary alicyclic amines) is 1. The normalized spacial score (nSPS) is 20.1. The number of amides is 2. The topological polar surface area (TPSA) is 108 Å². The number of hydrogen-bond acceptors (Lipinski definition) is 5. The number of rotatable bonds is 10. The molecule has 0 bridgehead atoms. The van der Waals surface area contributed by atoms with E-state index < -0.39 is 17.4 Å². The zero-order chi connectivity index (χ0) is 32.8. The van der Waals surface area contributed by atoms with Crippen LogP contribution in [0.15, 0.2) is 109 Å². The molecule has 1 aliphatic heterocycles. The second kappa shape index (κ2) is 14.2. The lowest BCUT2D eigenvalue weighted by Crippen LogP contribution is -2.50. The van der Waals surface area contributed by atoms with Gasteiger partial charge >= 0.3 is 5.97 Å². The van der Waals surface area contributed by atoms with Crippen LogP contribution in [0.5, 0.6) is 5.75 Å². The molecule has 2 amide bonds. The fourth-order valence-corrected chi connectivity index (χ4v) is 7.35. The van der Waals surface area contributed by atoms with Gasteiger partial charge in [0.25, 0.3) is 5.91 Å². The van der Waals surface area contributed by atoms with Crippen molar-refractivity contribution >= 4 is 17.8 Å².